The van der Waals surface area contributed by atoms with Crippen molar-refractivity contribution in [3.05, 3.63) is 57.0 Å². The van der Waals surface area contributed by atoms with Gasteiger partial charge in [0.15, 0.2) is 11.5 Å². The Morgan fingerprint density at radius 1 is 1.30 bits per heavy atom. The maximum Gasteiger partial charge on any atom is 0.262 e. The van der Waals surface area contributed by atoms with E-state index in [4.69, 9.17) is 16.3 Å². The van der Waals surface area contributed by atoms with Crippen LogP contribution in [0.1, 0.15) is 36.7 Å². The van der Waals surface area contributed by atoms with Crippen LogP contribution < -0.4 is 15.5 Å². The summed E-state index contributed by atoms with van der Waals surface area (Å²) in [7, 11) is 0. The number of rotatable bonds is 8. The largest absolute Gasteiger partial charge is 0.503 e. The third-order valence-corrected chi connectivity index (χ3v) is 5.03. The van der Waals surface area contributed by atoms with Gasteiger partial charge in [0.05, 0.1) is 27.9 Å². The Labute approximate surface area is 188 Å². The Morgan fingerprint density at radius 3 is 2.63 bits per heavy atom. The van der Waals surface area contributed by atoms with Crippen molar-refractivity contribution in [1.29, 1.82) is 0 Å². The van der Waals surface area contributed by atoms with Crippen LogP contribution in [0.3, 0.4) is 0 Å². The number of nitrogens with one attached hydrogen (secondary N) is 2. The first-order valence-corrected chi connectivity index (χ1v) is 10.4. The third-order valence-electron chi connectivity index (χ3n) is 4.09. The number of aromatic hydroxyl groups is 1. The van der Waals surface area contributed by atoms with Crippen LogP contribution in [0.2, 0.25) is 5.02 Å². The Kier molecular flexibility index (Phi) is 8.68. The number of amides is 2. The van der Waals surface area contributed by atoms with E-state index in [2.05, 4.69) is 31.8 Å². The molecule has 1 atom stereocenters. The van der Waals surface area contributed by atoms with E-state index in [9.17, 15) is 14.7 Å². The molecule has 2 rings (SSSR count). The number of carbonyl (C=O) groups is 2. The zero-order valence-corrected chi connectivity index (χ0v) is 19.1. The van der Waals surface area contributed by atoms with Gasteiger partial charge in [0.2, 0.25) is 0 Å². The number of carbonyl (C=O) groups excluding carboxylic acids is 2. The Balaban J connectivity index is 2.09. The van der Waals surface area contributed by atoms with Gasteiger partial charge in [-0.15, -0.1) is 0 Å². The molecule has 0 aliphatic rings. The number of benzene rings is 2. The van der Waals surface area contributed by atoms with Gasteiger partial charge in [-0.05, 0) is 58.6 Å². The molecule has 0 aliphatic carbocycles. The van der Waals surface area contributed by atoms with Crippen LogP contribution in [0.5, 0.6) is 11.5 Å². The van der Waals surface area contributed by atoms with Crippen LogP contribution in [-0.2, 0) is 4.79 Å². The second kappa shape index (κ2) is 11.0. The first-order valence-electron chi connectivity index (χ1n) is 9.28. The summed E-state index contributed by atoms with van der Waals surface area (Å²) in [5.41, 5.74) is 3.33. The quantitative estimate of drug-likeness (QED) is 0.378. The summed E-state index contributed by atoms with van der Waals surface area (Å²) in [5, 5.41) is 16.9. The summed E-state index contributed by atoms with van der Waals surface area (Å²) in [6.45, 7) is 5.81. The summed E-state index contributed by atoms with van der Waals surface area (Å²) >= 11 is 9.30. The van der Waals surface area contributed by atoms with Gasteiger partial charge in [0.25, 0.3) is 11.8 Å². The van der Waals surface area contributed by atoms with E-state index < -0.39 is 17.9 Å². The smallest absolute Gasteiger partial charge is 0.262 e. The number of hydrazone groups is 1. The van der Waals surface area contributed by atoms with Crippen LogP contribution in [0.4, 0.5) is 0 Å². The molecule has 0 spiro atoms. The van der Waals surface area contributed by atoms with E-state index in [1.165, 1.54) is 6.21 Å². The van der Waals surface area contributed by atoms with Crippen molar-refractivity contribution < 1.29 is 19.4 Å². The molecule has 1 unspecified atom stereocenters. The number of hydrogen-bond acceptors (Lipinski definition) is 5. The number of halogens is 2. The lowest BCUT2D eigenvalue weighted by molar-refractivity contribution is -0.123. The average molecular weight is 497 g/mol. The van der Waals surface area contributed by atoms with E-state index >= 15 is 0 Å². The van der Waals surface area contributed by atoms with Crippen molar-refractivity contribution >= 4 is 45.6 Å². The lowest BCUT2D eigenvalue weighted by Crippen LogP contribution is -2.48. The maximum atomic E-state index is 12.6. The summed E-state index contributed by atoms with van der Waals surface area (Å²) in [4.78, 5) is 25.1. The molecule has 0 radical (unpaired) electrons. The molecule has 3 N–H and O–H groups in total. The van der Waals surface area contributed by atoms with Crippen LogP contribution >= 0.6 is 27.5 Å². The van der Waals surface area contributed by atoms with Crippen LogP contribution in [-0.4, -0.2) is 35.8 Å². The van der Waals surface area contributed by atoms with Gasteiger partial charge >= 0.3 is 0 Å². The number of nitrogens with zero attached hydrogens (tertiary/aromatic N) is 1. The van der Waals surface area contributed by atoms with Crippen molar-refractivity contribution in [2.75, 3.05) is 6.61 Å². The Bertz CT molecular complexity index is 950. The average Bonchev–Trinajstić information content (AvgIpc) is 2.69. The first kappa shape index (κ1) is 23.7. The topological polar surface area (TPSA) is 100 Å². The van der Waals surface area contributed by atoms with Gasteiger partial charge in [-0.25, -0.2) is 5.43 Å². The Hall–Kier alpha value is -2.58. The van der Waals surface area contributed by atoms with Crippen LogP contribution in [0.25, 0.3) is 0 Å². The molecule has 30 heavy (non-hydrogen) atoms. The lowest BCUT2D eigenvalue weighted by atomic mass is 10.0. The zero-order valence-electron chi connectivity index (χ0n) is 16.8. The van der Waals surface area contributed by atoms with Crippen LogP contribution in [0, 0.1) is 5.92 Å². The van der Waals surface area contributed by atoms with E-state index in [1.807, 2.05) is 13.8 Å². The van der Waals surface area contributed by atoms with E-state index in [1.54, 1.807) is 43.3 Å². The normalized spacial score (nSPS) is 12.1. The van der Waals surface area contributed by atoms with Crippen molar-refractivity contribution in [2.24, 2.45) is 11.0 Å². The minimum absolute atomic E-state index is 0.0137. The predicted molar refractivity (Wildman–Crippen MR) is 120 cm³/mol. The molecule has 9 heteroatoms. The predicted octanol–water partition coefficient (Wildman–Crippen LogP) is 4.11. The molecule has 0 saturated carbocycles. The third kappa shape index (κ3) is 6.21. The molecule has 2 amide bonds. The van der Waals surface area contributed by atoms with Crippen molar-refractivity contribution in [1.82, 2.24) is 10.7 Å². The number of ether oxygens (including phenoxy) is 1. The fourth-order valence-electron chi connectivity index (χ4n) is 2.57. The highest BCUT2D eigenvalue weighted by atomic mass is 79.9. The van der Waals surface area contributed by atoms with Gasteiger partial charge in [-0.3, -0.25) is 9.59 Å². The molecular weight excluding hydrogens is 474 g/mol. The van der Waals surface area contributed by atoms with Gasteiger partial charge in [0.1, 0.15) is 6.04 Å². The van der Waals surface area contributed by atoms with E-state index in [0.717, 1.165) is 0 Å². The van der Waals surface area contributed by atoms with Crippen molar-refractivity contribution in [3.63, 3.8) is 0 Å². The van der Waals surface area contributed by atoms with Crippen molar-refractivity contribution in [2.45, 2.75) is 26.8 Å². The van der Waals surface area contributed by atoms with E-state index in [-0.39, 0.29) is 11.7 Å². The van der Waals surface area contributed by atoms with E-state index in [0.29, 0.717) is 33.0 Å². The molecule has 0 aromatic heterocycles. The molecule has 2 aromatic rings. The van der Waals surface area contributed by atoms with Gasteiger partial charge in [0, 0.05) is 0 Å². The van der Waals surface area contributed by atoms with Crippen LogP contribution in [0.15, 0.2) is 46.0 Å². The molecule has 0 bridgehead atoms. The molecule has 0 saturated heterocycles. The first-order chi connectivity index (χ1) is 14.2. The number of phenols is 1. The summed E-state index contributed by atoms with van der Waals surface area (Å²) < 4.78 is 5.80. The molecule has 0 aliphatic heterocycles. The monoisotopic (exact) mass is 495 g/mol. The zero-order chi connectivity index (χ0) is 22.3. The minimum Gasteiger partial charge on any atom is -0.503 e. The van der Waals surface area contributed by atoms with Gasteiger partial charge in [-0.2, -0.15) is 5.10 Å². The lowest BCUT2D eigenvalue weighted by Gasteiger charge is -2.20. The van der Waals surface area contributed by atoms with Gasteiger partial charge < -0.3 is 15.2 Å². The summed E-state index contributed by atoms with van der Waals surface area (Å²) in [6.07, 6.45) is 1.41. The standard InChI is InChI=1S/C21H23BrClN3O4/c1-4-30-17-10-13(9-15(22)19(17)27)11-24-26-21(29)18(12(2)3)25-20(28)14-7-5-6-8-16(14)23/h5-12,18,27H,4H2,1-3H3,(H,25,28)(H,26,29). The van der Waals surface area contributed by atoms with Gasteiger partial charge in [-0.1, -0.05) is 37.6 Å². The summed E-state index contributed by atoms with van der Waals surface area (Å²) in [5.74, 6) is -0.808. The van der Waals surface area contributed by atoms with Crippen molar-refractivity contribution in [3.8, 4) is 11.5 Å². The molecule has 0 fully saturated rings. The second-order valence-corrected chi connectivity index (χ2v) is 7.95. The molecule has 160 valence electrons. The highest BCUT2D eigenvalue weighted by molar-refractivity contribution is 9.10. The minimum atomic E-state index is -0.809. The summed E-state index contributed by atoms with van der Waals surface area (Å²) in [6, 6.07) is 9.03. The Morgan fingerprint density at radius 2 is 2.00 bits per heavy atom. The maximum absolute atomic E-state index is 12.6. The SMILES string of the molecule is CCOc1cc(C=NNC(=O)C(NC(=O)c2ccccc2Cl)C(C)C)cc(Br)c1O. The second-order valence-electron chi connectivity index (χ2n) is 6.69. The fourth-order valence-corrected chi connectivity index (χ4v) is 3.25. The highest BCUT2D eigenvalue weighted by Gasteiger charge is 2.25. The molecule has 0 heterocycles. The number of hydrogen-bond donors (Lipinski definition) is 3. The highest BCUT2D eigenvalue weighted by Crippen LogP contribution is 2.35. The number of phenolic OH excluding ortho intramolecular Hbond substituents is 1. The molecular formula is C21H23BrClN3O4. The fraction of sp³-hybridized carbons (Fsp3) is 0.286. The molecule has 7 nitrogen and oxygen atoms in total. The molecule has 2 aromatic carbocycles.